The van der Waals surface area contributed by atoms with E-state index in [9.17, 15) is 5.11 Å². The summed E-state index contributed by atoms with van der Waals surface area (Å²) in [4.78, 5) is 4.41. The SMILES string of the molecule is OC1(c2nc(Br)cs2)CCC2(CCCC2)CC1. The van der Waals surface area contributed by atoms with Crippen molar-refractivity contribution < 1.29 is 5.11 Å². The van der Waals surface area contributed by atoms with Gasteiger partial charge in [0.15, 0.2) is 0 Å². The van der Waals surface area contributed by atoms with Gasteiger partial charge >= 0.3 is 0 Å². The van der Waals surface area contributed by atoms with Crippen LogP contribution >= 0.6 is 27.3 Å². The predicted molar refractivity (Wildman–Crippen MR) is 73.1 cm³/mol. The Morgan fingerprint density at radius 3 is 2.29 bits per heavy atom. The molecular formula is C13H18BrNOS. The zero-order valence-electron chi connectivity index (χ0n) is 9.91. The van der Waals surface area contributed by atoms with Crippen molar-refractivity contribution in [2.45, 2.75) is 57.0 Å². The van der Waals surface area contributed by atoms with Crippen molar-refractivity contribution >= 4 is 27.3 Å². The highest BCUT2D eigenvalue weighted by molar-refractivity contribution is 9.10. The predicted octanol–water partition coefficient (Wildman–Crippen LogP) is 4.23. The molecule has 1 N–H and O–H groups in total. The van der Waals surface area contributed by atoms with Gasteiger partial charge in [-0.2, -0.15) is 0 Å². The third-order valence-electron chi connectivity index (χ3n) is 4.68. The monoisotopic (exact) mass is 315 g/mol. The first-order valence-corrected chi connectivity index (χ1v) is 8.13. The first-order valence-electron chi connectivity index (χ1n) is 6.46. The fourth-order valence-corrected chi connectivity index (χ4v) is 4.91. The van der Waals surface area contributed by atoms with Gasteiger partial charge in [0.25, 0.3) is 0 Å². The summed E-state index contributed by atoms with van der Waals surface area (Å²) in [5.41, 5.74) is -0.0781. The maximum absolute atomic E-state index is 10.7. The van der Waals surface area contributed by atoms with Gasteiger partial charge in [0.2, 0.25) is 0 Å². The van der Waals surface area contributed by atoms with E-state index in [1.54, 1.807) is 11.3 Å². The molecule has 4 heteroatoms. The van der Waals surface area contributed by atoms with E-state index in [4.69, 9.17) is 0 Å². The Bertz CT molecular complexity index is 401. The Morgan fingerprint density at radius 1 is 1.12 bits per heavy atom. The number of thiazole rings is 1. The fourth-order valence-electron chi connectivity index (χ4n) is 3.50. The van der Waals surface area contributed by atoms with Gasteiger partial charge in [0.05, 0.1) is 0 Å². The van der Waals surface area contributed by atoms with Crippen LogP contribution in [0.4, 0.5) is 0 Å². The minimum atomic E-state index is -0.648. The first kappa shape index (κ1) is 12.1. The second kappa shape index (κ2) is 4.32. The molecule has 0 atom stereocenters. The van der Waals surface area contributed by atoms with Crippen LogP contribution in [0, 0.1) is 5.41 Å². The molecule has 1 aromatic heterocycles. The van der Waals surface area contributed by atoms with E-state index < -0.39 is 5.60 Å². The summed E-state index contributed by atoms with van der Waals surface area (Å²) in [5.74, 6) is 0. The molecule has 2 aliphatic carbocycles. The standard InChI is InChI=1S/C13H18BrNOS/c14-10-9-17-11(15-10)13(16)7-5-12(6-8-13)3-1-2-4-12/h9,16H,1-8H2. The summed E-state index contributed by atoms with van der Waals surface area (Å²) in [7, 11) is 0. The first-order chi connectivity index (χ1) is 8.12. The lowest BCUT2D eigenvalue weighted by Crippen LogP contribution is -2.35. The minimum Gasteiger partial charge on any atom is -0.383 e. The molecular weight excluding hydrogens is 298 g/mol. The third kappa shape index (κ3) is 2.20. The molecule has 0 bridgehead atoms. The van der Waals surface area contributed by atoms with Crippen LogP contribution in [0.3, 0.4) is 0 Å². The number of hydrogen-bond acceptors (Lipinski definition) is 3. The van der Waals surface area contributed by atoms with Crippen molar-refractivity contribution in [1.29, 1.82) is 0 Å². The van der Waals surface area contributed by atoms with Crippen LogP contribution in [0.5, 0.6) is 0 Å². The Balaban J connectivity index is 1.75. The van der Waals surface area contributed by atoms with Crippen LogP contribution in [0.2, 0.25) is 0 Å². The second-order valence-electron chi connectivity index (χ2n) is 5.71. The van der Waals surface area contributed by atoms with Gasteiger partial charge in [0.1, 0.15) is 15.2 Å². The molecule has 2 fully saturated rings. The minimum absolute atomic E-state index is 0.570. The van der Waals surface area contributed by atoms with Crippen molar-refractivity contribution in [3.8, 4) is 0 Å². The second-order valence-corrected chi connectivity index (χ2v) is 7.38. The van der Waals surface area contributed by atoms with E-state index in [1.807, 2.05) is 5.38 Å². The number of hydrogen-bond donors (Lipinski definition) is 1. The molecule has 94 valence electrons. The van der Waals surface area contributed by atoms with E-state index in [1.165, 1.54) is 38.5 Å². The largest absolute Gasteiger partial charge is 0.383 e. The molecule has 1 heterocycles. The molecule has 2 nitrogen and oxygen atoms in total. The summed E-state index contributed by atoms with van der Waals surface area (Å²) in [6, 6.07) is 0. The summed E-state index contributed by atoms with van der Waals surface area (Å²) in [6.07, 6.45) is 9.69. The molecule has 1 aromatic rings. The maximum atomic E-state index is 10.7. The van der Waals surface area contributed by atoms with Crippen LogP contribution in [-0.4, -0.2) is 10.1 Å². The van der Waals surface area contributed by atoms with Crippen molar-refractivity contribution in [2.75, 3.05) is 0 Å². The Hall–Kier alpha value is 0.0700. The molecule has 17 heavy (non-hydrogen) atoms. The smallest absolute Gasteiger partial charge is 0.126 e. The topological polar surface area (TPSA) is 33.1 Å². The highest BCUT2D eigenvalue weighted by atomic mass is 79.9. The Kier molecular flexibility index (Phi) is 3.08. The van der Waals surface area contributed by atoms with E-state index in [2.05, 4.69) is 20.9 Å². The van der Waals surface area contributed by atoms with Gasteiger partial charge in [-0.3, -0.25) is 0 Å². The van der Waals surface area contributed by atoms with Gasteiger partial charge in [0, 0.05) is 5.38 Å². The number of rotatable bonds is 1. The third-order valence-corrected chi connectivity index (χ3v) is 6.42. The van der Waals surface area contributed by atoms with Crippen LogP contribution in [0.15, 0.2) is 9.98 Å². The van der Waals surface area contributed by atoms with Gasteiger partial charge in [-0.1, -0.05) is 12.8 Å². The van der Waals surface area contributed by atoms with E-state index in [0.29, 0.717) is 5.41 Å². The number of nitrogens with zero attached hydrogens (tertiary/aromatic N) is 1. The lowest BCUT2D eigenvalue weighted by Gasteiger charge is -2.41. The summed E-state index contributed by atoms with van der Waals surface area (Å²) in [6.45, 7) is 0. The zero-order valence-corrected chi connectivity index (χ0v) is 12.3. The van der Waals surface area contributed by atoms with Crippen LogP contribution < -0.4 is 0 Å². The van der Waals surface area contributed by atoms with E-state index in [0.717, 1.165) is 22.5 Å². The van der Waals surface area contributed by atoms with Gasteiger partial charge in [-0.25, -0.2) is 4.98 Å². The molecule has 0 saturated heterocycles. The Morgan fingerprint density at radius 2 is 1.76 bits per heavy atom. The average molecular weight is 316 g/mol. The molecule has 0 radical (unpaired) electrons. The number of aliphatic hydroxyl groups is 1. The fraction of sp³-hybridized carbons (Fsp3) is 0.769. The van der Waals surface area contributed by atoms with Crippen molar-refractivity contribution in [2.24, 2.45) is 5.41 Å². The van der Waals surface area contributed by atoms with Crippen molar-refractivity contribution in [3.05, 3.63) is 15.0 Å². The zero-order chi connectivity index (χ0) is 11.9. The molecule has 0 unspecified atom stereocenters. The average Bonchev–Trinajstić information content (AvgIpc) is 2.94. The maximum Gasteiger partial charge on any atom is 0.126 e. The lowest BCUT2D eigenvalue weighted by atomic mass is 9.68. The van der Waals surface area contributed by atoms with E-state index in [-0.39, 0.29) is 0 Å². The number of aromatic nitrogens is 1. The van der Waals surface area contributed by atoms with Gasteiger partial charge < -0.3 is 5.11 Å². The van der Waals surface area contributed by atoms with Gasteiger partial charge in [-0.05, 0) is 59.9 Å². The van der Waals surface area contributed by atoms with Crippen LogP contribution in [0.1, 0.15) is 56.4 Å². The Labute approximate surface area is 115 Å². The summed E-state index contributed by atoms with van der Waals surface area (Å²) < 4.78 is 0.854. The van der Waals surface area contributed by atoms with Crippen LogP contribution in [0.25, 0.3) is 0 Å². The highest BCUT2D eigenvalue weighted by Gasteiger charge is 2.44. The lowest BCUT2D eigenvalue weighted by molar-refractivity contribution is -0.0378. The van der Waals surface area contributed by atoms with Crippen LogP contribution in [-0.2, 0) is 5.60 Å². The molecule has 3 rings (SSSR count). The molecule has 2 saturated carbocycles. The van der Waals surface area contributed by atoms with Gasteiger partial charge in [-0.15, -0.1) is 11.3 Å². The highest BCUT2D eigenvalue weighted by Crippen LogP contribution is 2.53. The van der Waals surface area contributed by atoms with Crippen molar-refractivity contribution in [1.82, 2.24) is 4.98 Å². The summed E-state index contributed by atoms with van der Waals surface area (Å²) in [5, 5.41) is 13.6. The normalized spacial score (nSPS) is 26.5. The molecule has 0 amide bonds. The van der Waals surface area contributed by atoms with E-state index >= 15 is 0 Å². The molecule has 1 spiro atoms. The molecule has 2 aliphatic rings. The molecule has 0 aromatic carbocycles. The quantitative estimate of drug-likeness (QED) is 0.841. The molecule has 0 aliphatic heterocycles. The summed E-state index contributed by atoms with van der Waals surface area (Å²) >= 11 is 4.95. The van der Waals surface area contributed by atoms with Crippen molar-refractivity contribution in [3.63, 3.8) is 0 Å². The number of halogens is 1.